The molecule has 1 aromatic heterocycles. The number of rotatable bonds is 3. The van der Waals surface area contributed by atoms with E-state index in [2.05, 4.69) is 25.9 Å². The molecular weight excluding hydrogens is 322 g/mol. The third kappa shape index (κ3) is 2.36. The molecule has 0 spiro atoms. The van der Waals surface area contributed by atoms with Crippen LogP contribution in [0.4, 0.5) is 5.82 Å². The Morgan fingerprint density at radius 1 is 1.40 bits per heavy atom. The van der Waals surface area contributed by atoms with E-state index in [1.54, 1.807) is 7.11 Å². The van der Waals surface area contributed by atoms with E-state index in [4.69, 9.17) is 15.2 Å². The lowest BCUT2D eigenvalue weighted by Gasteiger charge is -2.13. The van der Waals surface area contributed by atoms with Gasteiger partial charge in [0, 0.05) is 13.5 Å². The molecule has 0 fully saturated rings. The lowest BCUT2D eigenvalue weighted by atomic mass is 10.1. The molecule has 6 heteroatoms. The van der Waals surface area contributed by atoms with Crippen molar-refractivity contribution in [3.8, 4) is 5.75 Å². The average molecular weight is 336 g/mol. The van der Waals surface area contributed by atoms with Gasteiger partial charge in [-0.2, -0.15) is 0 Å². The maximum absolute atomic E-state index is 5.92. The first-order chi connectivity index (χ1) is 9.69. The molecule has 2 N–H and O–H groups in total. The van der Waals surface area contributed by atoms with Gasteiger partial charge in [-0.05, 0) is 27.6 Å². The van der Waals surface area contributed by atoms with Gasteiger partial charge in [-0.25, -0.2) is 9.97 Å². The number of ether oxygens (including phenoxy) is 2. The van der Waals surface area contributed by atoms with Gasteiger partial charge in [-0.15, -0.1) is 0 Å². The summed E-state index contributed by atoms with van der Waals surface area (Å²) in [6, 6.07) is 7.95. The zero-order valence-corrected chi connectivity index (χ0v) is 12.6. The number of para-hydroxylation sites is 1. The van der Waals surface area contributed by atoms with Gasteiger partial charge in [0.15, 0.2) is 11.9 Å². The van der Waals surface area contributed by atoms with E-state index in [1.165, 1.54) is 0 Å². The Bertz CT molecular complexity index is 623. The summed E-state index contributed by atoms with van der Waals surface area (Å²) in [6.45, 7) is 0.375. The topological polar surface area (TPSA) is 70.3 Å². The van der Waals surface area contributed by atoms with Gasteiger partial charge in [0.1, 0.15) is 11.6 Å². The first-order valence-corrected chi connectivity index (χ1v) is 7.03. The highest BCUT2D eigenvalue weighted by atomic mass is 79.9. The molecule has 0 aliphatic carbocycles. The lowest BCUT2D eigenvalue weighted by Crippen LogP contribution is -2.13. The molecule has 5 nitrogen and oxygen atoms in total. The van der Waals surface area contributed by atoms with Gasteiger partial charge in [0.05, 0.1) is 16.8 Å². The molecule has 3 rings (SSSR count). The number of anilines is 1. The Morgan fingerprint density at radius 3 is 2.95 bits per heavy atom. The van der Waals surface area contributed by atoms with Crippen LogP contribution in [0.5, 0.6) is 5.75 Å². The van der Waals surface area contributed by atoms with Crippen molar-refractivity contribution in [3.63, 3.8) is 0 Å². The van der Waals surface area contributed by atoms with Crippen molar-refractivity contribution in [2.45, 2.75) is 19.1 Å². The van der Waals surface area contributed by atoms with Gasteiger partial charge in [0.25, 0.3) is 0 Å². The molecule has 0 saturated heterocycles. The summed E-state index contributed by atoms with van der Waals surface area (Å²) in [7, 11) is 1.62. The molecule has 1 aliphatic rings. The molecule has 20 heavy (non-hydrogen) atoms. The van der Waals surface area contributed by atoms with Gasteiger partial charge in [-0.3, -0.25) is 0 Å². The van der Waals surface area contributed by atoms with Crippen molar-refractivity contribution in [3.05, 3.63) is 45.8 Å². The standard InChI is InChI=1S/C14H14BrN3O2/c1-19-7-9-12(15)13(16)18-14(17-9)11-6-8-4-2-3-5-10(8)20-11/h2-5,11H,6-7H2,1H3,(H2,16,17,18). The molecule has 2 aromatic rings. The Labute approximate surface area is 125 Å². The first kappa shape index (κ1) is 13.3. The molecule has 2 heterocycles. The molecule has 1 unspecified atom stereocenters. The SMILES string of the molecule is COCc1nc(C2Cc3ccccc3O2)nc(N)c1Br. The number of aromatic nitrogens is 2. The predicted molar refractivity (Wildman–Crippen MR) is 78.4 cm³/mol. The van der Waals surface area contributed by atoms with Crippen LogP contribution in [0.25, 0.3) is 0 Å². The summed E-state index contributed by atoms with van der Waals surface area (Å²) in [6.07, 6.45) is 0.558. The third-order valence-electron chi connectivity index (χ3n) is 3.18. The zero-order chi connectivity index (χ0) is 14.1. The summed E-state index contributed by atoms with van der Waals surface area (Å²) in [4.78, 5) is 8.82. The molecule has 1 atom stereocenters. The third-order valence-corrected chi connectivity index (χ3v) is 4.04. The fourth-order valence-electron chi connectivity index (χ4n) is 2.24. The van der Waals surface area contributed by atoms with E-state index in [0.29, 0.717) is 22.7 Å². The van der Waals surface area contributed by atoms with Crippen LogP contribution < -0.4 is 10.5 Å². The minimum absolute atomic E-state index is 0.196. The summed E-state index contributed by atoms with van der Waals surface area (Å²) < 4.78 is 11.7. The second-order valence-electron chi connectivity index (χ2n) is 4.58. The van der Waals surface area contributed by atoms with Crippen molar-refractivity contribution < 1.29 is 9.47 Å². The van der Waals surface area contributed by atoms with Crippen molar-refractivity contribution in [2.75, 3.05) is 12.8 Å². The normalized spacial score (nSPS) is 16.8. The van der Waals surface area contributed by atoms with Crippen molar-refractivity contribution in [1.82, 2.24) is 9.97 Å². The molecule has 0 radical (unpaired) electrons. The van der Waals surface area contributed by atoms with E-state index in [0.717, 1.165) is 23.4 Å². The highest BCUT2D eigenvalue weighted by molar-refractivity contribution is 9.10. The number of methoxy groups -OCH3 is 1. The molecule has 1 aliphatic heterocycles. The van der Waals surface area contributed by atoms with Crippen LogP contribution in [0.15, 0.2) is 28.7 Å². The predicted octanol–water partition coefficient (Wildman–Crippen LogP) is 2.64. The van der Waals surface area contributed by atoms with Crippen molar-refractivity contribution in [1.29, 1.82) is 0 Å². The van der Waals surface area contributed by atoms with Gasteiger partial charge >= 0.3 is 0 Å². The maximum atomic E-state index is 5.92. The number of fused-ring (bicyclic) bond motifs is 1. The van der Waals surface area contributed by atoms with Crippen LogP contribution >= 0.6 is 15.9 Å². The molecule has 0 amide bonds. The van der Waals surface area contributed by atoms with Crippen LogP contribution in [0, 0.1) is 0 Å². The Morgan fingerprint density at radius 2 is 2.20 bits per heavy atom. The number of halogens is 1. The number of hydrogen-bond donors (Lipinski definition) is 1. The lowest BCUT2D eigenvalue weighted by molar-refractivity contribution is 0.178. The smallest absolute Gasteiger partial charge is 0.172 e. The fourth-order valence-corrected chi connectivity index (χ4v) is 2.53. The quantitative estimate of drug-likeness (QED) is 0.933. The number of nitrogen functional groups attached to an aromatic ring is 1. The minimum atomic E-state index is -0.196. The van der Waals surface area contributed by atoms with Gasteiger partial charge in [0.2, 0.25) is 0 Å². The summed E-state index contributed by atoms with van der Waals surface area (Å²) >= 11 is 3.38. The van der Waals surface area contributed by atoms with Crippen LogP contribution in [0.2, 0.25) is 0 Å². The van der Waals surface area contributed by atoms with Crippen LogP contribution in [0.1, 0.15) is 23.2 Å². The van der Waals surface area contributed by atoms with Crippen LogP contribution in [0.3, 0.4) is 0 Å². The zero-order valence-electron chi connectivity index (χ0n) is 11.0. The molecule has 104 valence electrons. The van der Waals surface area contributed by atoms with E-state index in [-0.39, 0.29) is 6.10 Å². The monoisotopic (exact) mass is 335 g/mol. The number of nitrogens with two attached hydrogens (primary N) is 1. The second kappa shape index (κ2) is 5.38. The van der Waals surface area contributed by atoms with E-state index in [9.17, 15) is 0 Å². The molecule has 0 saturated carbocycles. The average Bonchev–Trinajstić information content (AvgIpc) is 2.87. The van der Waals surface area contributed by atoms with E-state index >= 15 is 0 Å². The number of nitrogens with zero attached hydrogens (tertiary/aromatic N) is 2. The van der Waals surface area contributed by atoms with Gasteiger partial charge < -0.3 is 15.2 Å². The number of hydrogen-bond acceptors (Lipinski definition) is 5. The number of benzene rings is 1. The highest BCUT2D eigenvalue weighted by Gasteiger charge is 2.27. The Hall–Kier alpha value is -1.66. The van der Waals surface area contributed by atoms with E-state index in [1.807, 2.05) is 24.3 Å². The summed E-state index contributed by atoms with van der Waals surface area (Å²) in [5.74, 6) is 1.88. The first-order valence-electron chi connectivity index (χ1n) is 6.24. The van der Waals surface area contributed by atoms with Crippen LogP contribution in [-0.4, -0.2) is 17.1 Å². The fraction of sp³-hybridized carbons (Fsp3) is 0.286. The van der Waals surface area contributed by atoms with Gasteiger partial charge in [-0.1, -0.05) is 18.2 Å². The molecule has 0 bridgehead atoms. The Balaban J connectivity index is 1.93. The maximum Gasteiger partial charge on any atom is 0.172 e. The van der Waals surface area contributed by atoms with Crippen LogP contribution in [-0.2, 0) is 17.8 Å². The summed E-state index contributed by atoms with van der Waals surface area (Å²) in [5.41, 5.74) is 7.81. The van der Waals surface area contributed by atoms with Crippen molar-refractivity contribution in [2.24, 2.45) is 0 Å². The highest BCUT2D eigenvalue weighted by Crippen LogP contribution is 2.36. The van der Waals surface area contributed by atoms with E-state index < -0.39 is 0 Å². The van der Waals surface area contributed by atoms with Crippen molar-refractivity contribution >= 4 is 21.7 Å². The summed E-state index contributed by atoms with van der Waals surface area (Å²) in [5, 5.41) is 0. The molecular formula is C14H14BrN3O2. The second-order valence-corrected chi connectivity index (χ2v) is 5.37. The Kier molecular flexibility index (Phi) is 3.58. The largest absolute Gasteiger partial charge is 0.482 e. The molecule has 1 aromatic carbocycles. The minimum Gasteiger partial charge on any atom is -0.482 e.